The van der Waals surface area contributed by atoms with Gasteiger partial charge in [0.2, 0.25) is 0 Å². The molecule has 1 nitrogen and oxygen atoms in total. The van der Waals surface area contributed by atoms with Gasteiger partial charge >= 0.3 is 6.18 Å². The van der Waals surface area contributed by atoms with Gasteiger partial charge in [-0.1, -0.05) is 20.8 Å². The van der Waals surface area contributed by atoms with E-state index in [-0.39, 0.29) is 5.41 Å². The highest BCUT2D eigenvalue weighted by molar-refractivity contribution is 5.52. The molecular weight excluding hydrogens is 227 g/mol. The number of hydrogen-bond acceptors (Lipinski definition) is 1. The number of anilines is 1. The first-order valence-corrected chi connectivity index (χ1v) is 5.42. The van der Waals surface area contributed by atoms with Gasteiger partial charge < -0.3 is 4.90 Å². The molecule has 0 saturated heterocycles. The van der Waals surface area contributed by atoms with Crippen LogP contribution in [0.2, 0.25) is 0 Å². The van der Waals surface area contributed by atoms with E-state index in [9.17, 15) is 13.2 Å². The predicted octanol–water partition coefficient (Wildman–Crippen LogP) is 4.07. The summed E-state index contributed by atoms with van der Waals surface area (Å²) in [5.74, 6) is 0. The van der Waals surface area contributed by atoms with Crippen molar-refractivity contribution in [2.75, 3.05) is 19.0 Å². The van der Waals surface area contributed by atoms with E-state index in [1.165, 1.54) is 12.1 Å². The Morgan fingerprint density at radius 3 is 1.71 bits per heavy atom. The third kappa shape index (κ3) is 3.38. The van der Waals surface area contributed by atoms with Gasteiger partial charge in [-0.05, 0) is 29.2 Å². The zero-order valence-corrected chi connectivity index (χ0v) is 10.8. The van der Waals surface area contributed by atoms with Gasteiger partial charge in [-0.2, -0.15) is 13.2 Å². The number of hydrogen-bond donors (Lipinski definition) is 0. The maximum absolute atomic E-state index is 12.8. The highest BCUT2D eigenvalue weighted by atomic mass is 19.4. The summed E-state index contributed by atoms with van der Waals surface area (Å²) in [6, 6.07) is 4.21. The highest BCUT2D eigenvalue weighted by Crippen LogP contribution is 2.35. The van der Waals surface area contributed by atoms with Crippen molar-refractivity contribution in [1.82, 2.24) is 0 Å². The van der Waals surface area contributed by atoms with Gasteiger partial charge in [-0.15, -0.1) is 0 Å². The zero-order chi connectivity index (χ0) is 13.4. The summed E-state index contributed by atoms with van der Waals surface area (Å²) >= 11 is 0. The van der Waals surface area contributed by atoms with Gasteiger partial charge in [0, 0.05) is 19.8 Å². The lowest BCUT2D eigenvalue weighted by atomic mass is 9.85. The molecule has 0 aliphatic rings. The second kappa shape index (κ2) is 4.24. The molecule has 0 radical (unpaired) electrons. The van der Waals surface area contributed by atoms with Gasteiger partial charge in [0.05, 0.1) is 5.56 Å². The molecule has 1 aromatic carbocycles. The average molecular weight is 245 g/mol. The van der Waals surface area contributed by atoms with E-state index in [0.29, 0.717) is 11.3 Å². The van der Waals surface area contributed by atoms with E-state index < -0.39 is 11.7 Å². The van der Waals surface area contributed by atoms with Crippen LogP contribution in [0.15, 0.2) is 18.2 Å². The first-order chi connectivity index (χ1) is 7.51. The molecule has 0 unspecified atom stereocenters. The minimum Gasteiger partial charge on any atom is -0.378 e. The molecule has 1 rings (SSSR count). The van der Waals surface area contributed by atoms with Crippen LogP contribution in [0.25, 0.3) is 0 Å². The standard InChI is InChI=1S/C13H18F3N/c1-12(2,3)9-6-10(13(14,15)16)8-11(7-9)17(4)5/h6-8H,1-5H3. The molecule has 96 valence electrons. The SMILES string of the molecule is CN(C)c1cc(C(C)(C)C)cc(C(F)(F)F)c1. The minimum atomic E-state index is -4.30. The van der Waals surface area contributed by atoms with Crippen molar-refractivity contribution >= 4 is 5.69 Å². The molecular formula is C13H18F3N. The minimum absolute atomic E-state index is 0.300. The molecule has 0 N–H and O–H groups in total. The Kier molecular flexibility index (Phi) is 3.46. The lowest BCUT2D eigenvalue weighted by Gasteiger charge is -2.24. The Morgan fingerprint density at radius 1 is 0.882 bits per heavy atom. The second-order valence-electron chi connectivity index (χ2n) is 5.41. The maximum atomic E-state index is 12.8. The van der Waals surface area contributed by atoms with E-state index in [2.05, 4.69) is 0 Å². The largest absolute Gasteiger partial charge is 0.416 e. The van der Waals surface area contributed by atoms with Crippen LogP contribution in [0.1, 0.15) is 31.9 Å². The number of rotatable bonds is 1. The van der Waals surface area contributed by atoms with E-state index in [4.69, 9.17) is 0 Å². The second-order valence-corrected chi connectivity index (χ2v) is 5.41. The molecule has 1 aromatic rings. The average Bonchev–Trinajstić information content (AvgIpc) is 2.14. The van der Waals surface area contributed by atoms with Crippen molar-refractivity contribution in [1.29, 1.82) is 0 Å². The molecule has 4 heteroatoms. The van der Waals surface area contributed by atoms with Crippen LogP contribution in [0.4, 0.5) is 18.9 Å². The fourth-order valence-corrected chi connectivity index (χ4v) is 1.47. The molecule has 0 aliphatic carbocycles. The number of nitrogens with zero attached hydrogens (tertiary/aromatic N) is 1. The quantitative estimate of drug-likeness (QED) is 0.721. The van der Waals surface area contributed by atoms with Crippen LogP contribution in [0.3, 0.4) is 0 Å². The molecule has 0 aliphatic heterocycles. The topological polar surface area (TPSA) is 3.24 Å². The van der Waals surface area contributed by atoms with Crippen molar-refractivity contribution in [2.24, 2.45) is 0 Å². The molecule has 0 bridgehead atoms. The fourth-order valence-electron chi connectivity index (χ4n) is 1.47. The van der Waals surface area contributed by atoms with Crippen LogP contribution in [0, 0.1) is 0 Å². The summed E-state index contributed by atoms with van der Waals surface area (Å²) in [5, 5.41) is 0. The molecule has 0 saturated carbocycles. The molecule has 0 fully saturated rings. The lowest BCUT2D eigenvalue weighted by molar-refractivity contribution is -0.137. The van der Waals surface area contributed by atoms with Crippen molar-refractivity contribution in [3.63, 3.8) is 0 Å². The molecule has 0 spiro atoms. The highest BCUT2D eigenvalue weighted by Gasteiger charge is 2.32. The van der Waals surface area contributed by atoms with E-state index in [1.807, 2.05) is 20.8 Å². The van der Waals surface area contributed by atoms with Crippen LogP contribution >= 0.6 is 0 Å². The third-order valence-corrected chi connectivity index (χ3v) is 2.63. The first kappa shape index (κ1) is 13.9. The summed E-state index contributed by atoms with van der Waals surface area (Å²) in [5.41, 5.74) is 0.376. The van der Waals surface area contributed by atoms with Crippen molar-refractivity contribution in [3.8, 4) is 0 Å². The van der Waals surface area contributed by atoms with Crippen molar-refractivity contribution < 1.29 is 13.2 Å². The van der Waals surface area contributed by atoms with Crippen LogP contribution < -0.4 is 4.90 Å². The summed E-state index contributed by atoms with van der Waals surface area (Å²) in [7, 11) is 3.48. The molecule has 0 heterocycles. The zero-order valence-electron chi connectivity index (χ0n) is 10.8. The first-order valence-electron chi connectivity index (χ1n) is 5.42. The Balaban J connectivity index is 3.40. The van der Waals surface area contributed by atoms with Gasteiger partial charge in [0.1, 0.15) is 0 Å². The molecule has 0 atom stereocenters. The third-order valence-electron chi connectivity index (χ3n) is 2.63. The molecule has 0 amide bonds. The Hall–Kier alpha value is -1.19. The number of halogens is 3. The lowest BCUT2D eigenvalue weighted by Crippen LogP contribution is -2.17. The summed E-state index contributed by atoms with van der Waals surface area (Å²) < 4.78 is 38.3. The maximum Gasteiger partial charge on any atom is 0.416 e. The number of alkyl halides is 3. The Bertz CT molecular complexity index is 368. The van der Waals surface area contributed by atoms with E-state index in [0.717, 1.165) is 0 Å². The van der Waals surface area contributed by atoms with Crippen LogP contribution in [-0.2, 0) is 11.6 Å². The van der Waals surface area contributed by atoms with Crippen molar-refractivity contribution in [3.05, 3.63) is 29.3 Å². The predicted molar refractivity (Wildman–Crippen MR) is 64.5 cm³/mol. The fraction of sp³-hybridized carbons (Fsp3) is 0.538. The summed E-state index contributed by atoms with van der Waals surface area (Å²) in [6.45, 7) is 5.71. The monoisotopic (exact) mass is 245 g/mol. The summed E-state index contributed by atoms with van der Waals surface area (Å²) in [6.07, 6.45) is -4.30. The van der Waals surface area contributed by atoms with Gasteiger partial charge in [-0.3, -0.25) is 0 Å². The van der Waals surface area contributed by atoms with Crippen molar-refractivity contribution in [2.45, 2.75) is 32.4 Å². The summed E-state index contributed by atoms with van der Waals surface area (Å²) in [4.78, 5) is 1.68. The smallest absolute Gasteiger partial charge is 0.378 e. The molecule has 17 heavy (non-hydrogen) atoms. The van der Waals surface area contributed by atoms with Gasteiger partial charge in [0.15, 0.2) is 0 Å². The van der Waals surface area contributed by atoms with E-state index in [1.54, 1.807) is 25.1 Å². The molecule has 0 aromatic heterocycles. The van der Waals surface area contributed by atoms with Crippen LogP contribution in [-0.4, -0.2) is 14.1 Å². The van der Waals surface area contributed by atoms with Crippen LogP contribution in [0.5, 0.6) is 0 Å². The Morgan fingerprint density at radius 2 is 1.35 bits per heavy atom. The number of benzene rings is 1. The van der Waals surface area contributed by atoms with Gasteiger partial charge in [-0.25, -0.2) is 0 Å². The normalized spacial score (nSPS) is 12.7. The Labute approximate surface area is 100 Å². The van der Waals surface area contributed by atoms with Gasteiger partial charge in [0.25, 0.3) is 0 Å². The van der Waals surface area contributed by atoms with E-state index >= 15 is 0 Å².